The number of Topliss-reactive ketones (excluding diaryl/α,β-unsaturated/α-hetero) is 1. The molecule has 0 aliphatic carbocycles. The first-order valence-electron chi connectivity index (χ1n) is 5.95. The molecule has 2 aromatic heterocycles. The van der Waals surface area contributed by atoms with Crippen molar-refractivity contribution >= 4 is 5.78 Å². The minimum atomic E-state index is 0.135. The van der Waals surface area contributed by atoms with Crippen LogP contribution in [0.15, 0.2) is 6.20 Å². The van der Waals surface area contributed by atoms with Crippen molar-refractivity contribution in [3.8, 4) is 0 Å². The summed E-state index contributed by atoms with van der Waals surface area (Å²) in [7, 11) is 1.82. The molecule has 6 nitrogen and oxygen atoms in total. The van der Waals surface area contributed by atoms with Gasteiger partial charge in [0.2, 0.25) is 0 Å². The quantitative estimate of drug-likeness (QED) is 0.763. The van der Waals surface area contributed by atoms with Gasteiger partial charge < -0.3 is 0 Å². The Labute approximate surface area is 106 Å². The van der Waals surface area contributed by atoms with Crippen molar-refractivity contribution in [2.45, 2.75) is 33.7 Å². The molecular formula is C12H17N5O. The zero-order valence-electron chi connectivity index (χ0n) is 11.1. The van der Waals surface area contributed by atoms with E-state index in [1.165, 1.54) is 0 Å². The van der Waals surface area contributed by atoms with Crippen molar-refractivity contribution in [1.82, 2.24) is 24.8 Å². The molecular weight excluding hydrogens is 230 g/mol. The Morgan fingerprint density at radius 1 is 1.39 bits per heavy atom. The maximum absolute atomic E-state index is 11.8. The van der Waals surface area contributed by atoms with E-state index in [0.29, 0.717) is 13.0 Å². The van der Waals surface area contributed by atoms with Gasteiger partial charge >= 0.3 is 0 Å². The van der Waals surface area contributed by atoms with Gasteiger partial charge in [-0.15, -0.1) is 5.10 Å². The van der Waals surface area contributed by atoms with Crippen molar-refractivity contribution in [2.24, 2.45) is 7.05 Å². The SMILES string of the molecule is CCC(=O)c1c(C)nn(Cc2cn(C)nn2)c1C. The highest BCUT2D eigenvalue weighted by Crippen LogP contribution is 2.16. The Bertz CT molecular complexity index is 581. The monoisotopic (exact) mass is 247 g/mol. The molecule has 0 radical (unpaired) electrons. The minimum absolute atomic E-state index is 0.135. The number of hydrogen-bond donors (Lipinski definition) is 0. The van der Waals surface area contributed by atoms with Crippen LogP contribution in [-0.4, -0.2) is 30.6 Å². The average Bonchev–Trinajstić information content (AvgIpc) is 2.84. The summed E-state index contributed by atoms with van der Waals surface area (Å²) in [6, 6.07) is 0. The number of nitrogens with zero attached hydrogens (tertiary/aromatic N) is 5. The molecule has 0 saturated carbocycles. The average molecular weight is 247 g/mol. The third-order valence-electron chi connectivity index (χ3n) is 2.94. The molecule has 2 heterocycles. The lowest BCUT2D eigenvalue weighted by Crippen LogP contribution is -2.06. The third kappa shape index (κ3) is 2.18. The molecule has 0 atom stereocenters. The standard InChI is InChI=1S/C12H17N5O/c1-5-11(18)12-8(2)14-17(9(12)3)7-10-6-16(4)15-13-10/h6H,5,7H2,1-4H3. The van der Waals surface area contributed by atoms with Crippen molar-refractivity contribution in [1.29, 1.82) is 0 Å². The summed E-state index contributed by atoms with van der Waals surface area (Å²) in [6.45, 7) is 6.18. The lowest BCUT2D eigenvalue weighted by Gasteiger charge is -2.02. The van der Waals surface area contributed by atoms with Gasteiger partial charge in [0.15, 0.2) is 5.78 Å². The van der Waals surface area contributed by atoms with Crippen molar-refractivity contribution in [3.05, 3.63) is 28.8 Å². The van der Waals surface area contributed by atoms with Gasteiger partial charge in [-0.25, -0.2) is 0 Å². The molecule has 0 N–H and O–H groups in total. The zero-order valence-corrected chi connectivity index (χ0v) is 11.1. The molecule has 0 amide bonds. The van der Waals surface area contributed by atoms with Crippen LogP contribution in [0.5, 0.6) is 0 Å². The van der Waals surface area contributed by atoms with Gasteiger partial charge in [0, 0.05) is 25.4 Å². The Morgan fingerprint density at radius 2 is 2.11 bits per heavy atom. The molecule has 0 aliphatic heterocycles. The molecule has 0 saturated heterocycles. The predicted molar refractivity (Wildman–Crippen MR) is 66.4 cm³/mol. The highest BCUT2D eigenvalue weighted by atomic mass is 16.1. The molecule has 6 heteroatoms. The first-order valence-corrected chi connectivity index (χ1v) is 5.95. The van der Waals surface area contributed by atoms with E-state index in [1.54, 1.807) is 4.68 Å². The van der Waals surface area contributed by atoms with E-state index in [4.69, 9.17) is 0 Å². The fourth-order valence-corrected chi connectivity index (χ4v) is 2.05. The molecule has 18 heavy (non-hydrogen) atoms. The molecule has 0 unspecified atom stereocenters. The van der Waals surface area contributed by atoms with E-state index in [1.807, 2.05) is 38.7 Å². The lowest BCUT2D eigenvalue weighted by atomic mass is 10.1. The van der Waals surface area contributed by atoms with Crippen LogP contribution < -0.4 is 0 Å². The van der Waals surface area contributed by atoms with E-state index in [-0.39, 0.29) is 5.78 Å². The Hall–Kier alpha value is -1.98. The number of carbonyl (C=O) groups excluding carboxylic acids is 1. The van der Waals surface area contributed by atoms with Crippen molar-refractivity contribution < 1.29 is 4.79 Å². The van der Waals surface area contributed by atoms with Crippen LogP contribution in [0.1, 0.15) is 40.8 Å². The fraction of sp³-hybridized carbons (Fsp3) is 0.500. The van der Waals surface area contributed by atoms with Crippen LogP contribution in [0.2, 0.25) is 0 Å². The van der Waals surface area contributed by atoms with Crippen LogP contribution in [0, 0.1) is 13.8 Å². The van der Waals surface area contributed by atoms with Gasteiger partial charge in [-0.1, -0.05) is 12.1 Å². The summed E-state index contributed by atoms with van der Waals surface area (Å²) in [4.78, 5) is 11.8. The maximum atomic E-state index is 11.8. The van der Waals surface area contributed by atoms with E-state index in [9.17, 15) is 4.79 Å². The number of aromatic nitrogens is 5. The Morgan fingerprint density at radius 3 is 2.67 bits per heavy atom. The molecule has 2 aromatic rings. The number of rotatable bonds is 4. The van der Waals surface area contributed by atoms with E-state index >= 15 is 0 Å². The normalized spacial score (nSPS) is 10.9. The van der Waals surface area contributed by atoms with E-state index < -0.39 is 0 Å². The van der Waals surface area contributed by atoms with Gasteiger partial charge in [0.05, 0.1) is 17.8 Å². The summed E-state index contributed by atoms with van der Waals surface area (Å²) in [5.41, 5.74) is 3.24. The smallest absolute Gasteiger partial charge is 0.166 e. The van der Waals surface area contributed by atoms with Crippen molar-refractivity contribution in [3.63, 3.8) is 0 Å². The van der Waals surface area contributed by atoms with Gasteiger partial charge in [0.1, 0.15) is 5.69 Å². The summed E-state index contributed by atoms with van der Waals surface area (Å²) in [6.07, 6.45) is 2.34. The van der Waals surface area contributed by atoms with Crippen LogP contribution in [0.3, 0.4) is 0 Å². The van der Waals surface area contributed by atoms with Gasteiger partial charge in [-0.3, -0.25) is 14.2 Å². The maximum Gasteiger partial charge on any atom is 0.166 e. The largest absolute Gasteiger partial charge is 0.294 e. The zero-order chi connectivity index (χ0) is 13.3. The minimum Gasteiger partial charge on any atom is -0.294 e. The fourth-order valence-electron chi connectivity index (χ4n) is 2.05. The second kappa shape index (κ2) is 4.72. The van der Waals surface area contributed by atoms with Crippen LogP contribution >= 0.6 is 0 Å². The number of ketones is 1. The third-order valence-corrected chi connectivity index (χ3v) is 2.94. The summed E-state index contributed by atoms with van der Waals surface area (Å²) >= 11 is 0. The Kier molecular flexibility index (Phi) is 3.27. The van der Waals surface area contributed by atoms with Crippen LogP contribution in [-0.2, 0) is 13.6 Å². The molecule has 0 bridgehead atoms. The predicted octanol–water partition coefficient (Wildman–Crippen LogP) is 1.27. The second-order valence-corrected chi connectivity index (χ2v) is 4.36. The molecule has 2 rings (SSSR count). The van der Waals surface area contributed by atoms with Crippen molar-refractivity contribution in [2.75, 3.05) is 0 Å². The molecule has 0 aliphatic rings. The highest BCUT2D eigenvalue weighted by Gasteiger charge is 2.17. The number of hydrogen-bond acceptors (Lipinski definition) is 4. The summed E-state index contributed by atoms with van der Waals surface area (Å²) in [5.74, 6) is 0.135. The van der Waals surface area contributed by atoms with Gasteiger partial charge in [-0.05, 0) is 13.8 Å². The summed E-state index contributed by atoms with van der Waals surface area (Å²) in [5, 5.41) is 12.3. The van der Waals surface area contributed by atoms with Crippen LogP contribution in [0.25, 0.3) is 0 Å². The molecule has 0 aromatic carbocycles. The highest BCUT2D eigenvalue weighted by molar-refractivity contribution is 5.97. The molecule has 96 valence electrons. The Balaban J connectivity index is 2.32. The van der Waals surface area contributed by atoms with E-state index in [0.717, 1.165) is 22.6 Å². The van der Waals surface area contributed by atoms with Crippen LogP contribution in [0.4, 0.5) is 0 Å². The summed E-state index contributed by atoms with van der Waals surface area (Å²) < 4.78 is 3.46. The first kappa shape index (κ1) is 12.5. The lowest BCUT2D eigenvalue weighted by molar-refractivity contribution is 0.0987. The van der Waals surface area contributed by atoms with E-state index in [2.05, 4.69) is 15.4 Å². The second-order valence-electron chi connectivity index (χ2n) is 4.36. The number of carbonyl (C=O) groups is 1. The topological polar surface area (TPSA) is 65.6 Å². The first-order chi connectivity index (χ1) is 8.52. The van der Waals surface area contributed by atoms with Gasteiger partial charge in [0.25, 0.3) is 0 Å². The molecule has 0 fully saturated rings. The number of aryl methyl sites for hydroxylation is 2. The van der Waals surface area contributed by atoms with Gasteiger partial charge in [-0.2, -0.15) is 5.10 Å². The molecule has 0 spiro atoms.